The van der Waals surface area contributed by atoms with Crippen molar-refractivity contribution in [2.75, 3.05) is 26.1 Å². The molecule has 0 spiro atoms. The molecule has 2 amide bonds. The molecule has 1 aliphatic rings. The average molecular weight is 611 g/mol. The first kappa shape index (κ1) is 30.2. The lowest BCUT2D eigenvalue weighted by Gasteiger charge is -2.12. The normalized spacial score (nSPS) is 14.9. The molecule has 1 aromatic heterocycles. The number of aryl methyl sites for hydroxylation is 1. The number of ether oxygens (including phenoxy) is 3. The molecule has 1 fully saturated rings. The van der Waals surface area contributed by atoms with Crippen molar-refractivity contribution in [3.05, 3.63) is 112 Å². The third kappa shape index (κ3) is 7.56. The van der Waals surface area contributed by atoms with Crippen molar-refractivity contribution in [3.63, 3.8) is 0 Å². The summed E-state index contributed by atoms with van der Waals surface area (Å²) < 4.78 is 22.0. The smallest absolute Gasteiger partial charge is 0.267 e. The molecule has 5 rings (SSSR count). The van der Waals surface area contributed by atoms with Crippen LogP contribution in [-0.4, -0.2) is 48.9 Å². The van der Waals surface area contributed by atoms with Crippen molar-refractivity contribution in [1.82, 2.24) is 4.90 Å². The van der Waals surface area contributed by atoms with E-state index in [4.69, 9.17) is 18.6 Å². The Hall–Kier alpha value is -5.29. The van der Waals surface area contributed by atoms with E-state index in [9.17, 15) is 9.59 Å². The third-order valence-electron chi connectivity index (χ3n) is 6.44. The number of rotatable bonds is 11. The molecule has 11 heteroatoms. The van der Waals surface area contributed by atoms with E-state index in [1.54, 1.807) is 69.2 Å². The fourth-order valence-electron chi connectivity index (χ4n) is 4.21. The summed E-state index contributed by atoms with van der Waals surface area (Å²) >= 11 is 1.18. The molecule has 2 heterocycles. The van der Waals surface area contributed by atoms with Crippen LogP contribution >= 0.6 is 11.8 Å². The van der Waals surface area contributed by atoms with Gasteiger partial charge in [0, 0.05) is 11.3 Å². The molecule has 4 aromatic rings. The molecule has 3 aromatic carbocycles. The van der Waals surface area contributed by atoms with Crippen LogP contribution in [0.5, 0.6) is 17.2 Å². The summed E-state index contributed by atoms with van der Waals surface area (Å²) in [5, 5.41) is 11.8. The van der Waals surface area contributed by atoms with Crippen molar-refractivity contribution < 1.29 is 28.2 Å². The van der Waals surface area contributed by atoms with Crippen molar-refractivity contribution in [2.45, 2.75) is 13.5 Å². The number of amides is 2. The van der Waals surface area contributed by atoms with Gasteiger partial charge in [0.2, 0.25) is 0 Å². The zero-order valence-electron chi connectivity index (χ0n) is 24.4. The quantitative estimate of drug-likeness (QED) is 0.123. The number of hydrogen-bond donors (Lipinski definition) is 1. The van der Waals surface area contributed by atoms with Crippen molar-refractivity contribution in [3.8, 4) is 17.2 Å². The van der Waals surface area contributed by atoms with Gasteiger partial charge >= 0.3 is 0 Å². The van der Waals surface area contributed by atoms with Gasteiger partial charge in [0.1, 0.15) is 11.5 Å². The molecule has 10 nitrogen and oxygen atoms in total. The molecule has 0 atom stereocenters. The number of anilines is 1. The standard InChI is InChI=1S/C33H30N4O6S/c1-22-10-13-25(14-11-22)35-31(38)21-43-27-9-5-4-7-24(27)18-30-32(39)37(20-26-8-6-16-42-26)33(44-30)36-34-19-23-12-15-28(40-2)29(17-23)41-3/h4-19H,20-21H2,1-3H3,(H,35,38)/b30-18-,34-19+,36-33-. The van der Waals surface area contributed by atoms with Gasteiger partial charge in [-0.05, 0) is 78.9 Å². The number of methoxy groups -OCH3 is 2. The Bertz CT molecular complexity index is 1710. The van der Waals surface area contributed by atoms with Crippen molar-refractivity contribution in [1.29, 1.82) is 0 Å². The minimum Gasteiger partial charge on any atom is -0.493 e. The Morgan fingerprint density at radius 1 is 0.977 bits per heavy atom. The second-order valence-corrected chi connectivity index (χ2v) is 10.6. The third-order valence-corrected chi connectivity index (χ3v) is 7.44. The Morgan fingerprint density at radius 3 is 2.52 bits per heavy atom. The van der Waals surface area contributed by atoms with Gasteiger partial charge in [-0.15, -0.1) is 5.10 Å². The van der Waals surface area contributed by atoms with Gasteiger partial charge in [-0.1, -0.05) is 35.9 Å². The van der Waals surface area contributed by atoms with Gasteiger partial charge < -0.3 is 23.9 Å². The molecule has 1 saturated heterocycles. The van der Waals surface area contributed by atoms with Gasteiger partial charge in [0.15, 0.2) is 23.3 Å². The summed E-state index contributed by atoms with van der Waals surface area (Å²) in [6.45, 7) is 1.96. The highest BCUT2D eigenvalue weighted by molar-refractivity contribution is 8.18. The average Bonchev–Trinajstić information content (AvgIpc) is 3.66. The summed E-state index contributed by atoms with van der Waals surface area (Å²) in [4.78, 5) is 28.0. The minimum atomic E-state index is -0.297. The van der Waals surface area contributed by atoms with Crippen LogP contribution in [0, 0.1) is 6.92 Å². The number of hydrogen-bond acceptors (Lipinski definition) is 9. The molecule has 0 saturated carbocycles. The van der Waals surface area contributed by atoms with Crippen LogP contribution in [0.4, 0.5) is 5.69 Å². The molecule has 0 unspecified atom stereocenters. The van der Waals surface area contributed by atoms with Crippen LogP contribution in [0.3, 0.4) is 0 Å². The van der Waals surface area contributed by atoms with E-state index in [-0.39, 0.29) is 25.0 Å². The Labute approximate surface area is 259 Å². The number of nitrogens with one attached hydrogen (secondary N) is 1. The topological polar surface area (TPSA) is 115 Å². The van der Waals surface area contributed by atoms with Crippen LogP contribution in [0.15, 0.2) is 105 Å². The number of carbonyl (C=O) groups excluding carboxylic acids is 2. The highest BCUT2D eigenvalue weighted by Crippen LogP contribution is 2.35. The fraction of sp³-hybridized carbons (Fsp3) is 0.152. The van der Waals surface area contributed by atoms with E-state index in [1.165, 1.54) is 16.7 Å². The largest absolute Gasteiger partial charge is 0.493 e. The predicted octanol–water partition coefficient (Wildman–Crippen LogP) is 6.13. The molecule has 0 bridgehead atoms. The van der Waals surface area contributed by atoms with Crippen LogP contribution in [0.25, 0.3) is 6.08 Å². The van der Waals surface area contributed by atoms with Crippen LogP contribution in [0.1, 0.15) is 22.5 Å². The second-order valence-electron chi connectivity index (χ2n) is 9.56. The summed E-state index contributed by atoms with van der Waals surface area (Å²) in [6.07, 6.45) is 4.84. The first-order valence-corrected chi connectivity index (χ1v) is 14.4. The van der Waals surface area contributed by atoms with Gasteiger partial charge in [-0.3, -0.25) is 14.5 Å². The molecule has 0 radical (unpaired) electrons. The Kier molecular flexibility index (Phi) is 9.78. The predicted molar refractivity (Wildman–Crippen MR) is 171 cm³/mol. The number of benzene rings is 3. The van der Waals surface area contributed by atoms with Crippen LogP contribution in [-0.2, 0) is 16.1 Å². The molecule has 0 aliphatic carbocycles. The van der Waals surface area contributed by atoms with E-state index < -0.39 is 0 Å². The molecule has 224 valence electrons. The minimum absolute atomic E-state index is 0.179. The Balaban J connectivity index is 1.34. The first-order chi connectivity index (χ1) is 21.4. The van der Waals surface area contributed by atoms with Crippen LogP contribution < -0.4 is 19.5 Å². The molecule has 1 aliphatic heterocycles. The zero-order valence-corrected chi connectivity index (χ0v) is 25.2. The van der Waals surface area contributed by atoms with Gasteiger partial charge in [-0.2, -0.15) is 5.10 Å². The number of amidine groups is 1. The second kappa shape index (κ2) is 14.3. The maximum absolute atomic E-state index is 13.6. The Morgan fingerprint density at radius 2 is 1.77 bits per heavy atom. The van der Waals surface area contributed by atoms with E-state index >= 15 is 0 Å². The molecule has 44 heavy (non-hydrogen) atoms. The van der Waals surface area contributed by atoms with E-state index in [0.29, 0.717) is 44.3 Å². The molecular weight excluding hydrogens is 580 g/mol. The van der Waals surface area contributed by atoms with E-state index in [0.717, 1.165) is 11.1 Å². The van der Waals surface area contributed by atoms with Gasteiger partial charge in [0.05, 0.1) is 38.1 Å². The summed E-state index contributed by atoms with van der Waals surface area (Å²) in [5.41, 5.74) is 3.16. The zero-order chi connectivity index (χ0) is 30.9. The lowest BCUT2D eigenvalue weighted by molar-refractivity contribution is -0.122. The number of nitrogens with zero attached hydrogens (tertiary/aromatic N) is 3. The molecular formula is C33H30N4O6S. The number of furan rings is 1. The molecule has 1 N–H and O–H groups in total. The summed E-state index contributed by atoms with van der Waals surface area (Å²) in [5.74, 6) is 1.66. The maximum Gasteiger partial charge on any atom is 0.267 e. The SMILES string of the molecule is COc1ccc(/C=N/N=C2\S/C(=C\c3ccccc3OCC(=O)Nc3ccc(C)cc3)C(=O)N2Cc2ccco2)cc1OC. The number of carbonyl (C=O) groups is 2. The van der Waals surface area contributed by atoms with E-state index in [1.807, 2.05) is 49.4 Å². The lowest BCUT2D eigenvalue weighted by atomic mass is 10.2. The van der Waals surface area contributed by atoms with Crippen LogP contribution in [0.2, 0.25) is 0 Å². The highest BCUT2D eigenvalue weighted by Gasteiger charge is 2.34. The number of thioether (sulfide) groups is 1. The maximum atomic E-state index is 13.6. The van der Waals surface area contributed by atoms with E-state index in [2.05, 4.69) is 15.5 Å². The first-order valence-electron chi connectivity index (χ1n) is 13.6. The number of para-hydroxylation sites is 1. The monoisotopic (exact) mass is 610 g/mol. The van der Waals surface area contributed by atoms with Gasteiger partial charge in [0.25, 0.3) is 11.8 Å². The summed E-state index contributed by atoms with van der Waals surface area (Å²) in [7, 11) is 3.13. The highest BCUT2D eigenvalue weighted by atomic mass is 32.2. The summed E-state index contributed by atoms with van der Waals surface area (Å²) in [6, 6.07) is 23.6. The lowest BCUT2D eigenvalue weighted by Crippen LogP contribution is -2.28. The van der Waals surface area contributed by atoms with Crippen molar-refractivity contribution in [2.24, 2.45) is 10.2 Å². The van der Waals surface area contributed by atoms with Crippen molar-refractivity contribution >= 4 is 46.7 Å². The fourth-order valence-corrected chi connectivity index (χ4v) is 5.13. The van der Waals surface area contributed by atoms with Gasteiger partial charge in [-0.25, -0.2) is 0 Å².